The summed E-state index contributed by atoms with van der Waals surface area (Å²) in [5.41, 5.74) is 0.648. The Balaban J connectivity index is 1.88. The first-order valence-electron chi connectivity index (χ1n) is 11.3. The number of imidazole rings is 1. The maximum Gasteiger partial charge on any atom is 0.354 e. The average molecular weight is 528 g/mol. The number of fused-ring (bicyclic) bond motifs is 1. The minimum Gasteiger partial charge on any atom is -0.494 e. The molecule has 0 spiro atoms. The highest BCUT2D eigenvalue weighted by atomic mass is 32.2. The molecule has 0 unspecified atom stereocenters. The summed E-state index contributed by atoms with van der Waals surface area (Å²) in [6, 6.07) is 6.17. The number of unbranched alkanes of at least 4 members (excludes halogenated alkanes) is 3. The molecular weight excluding hydrogens is 497 g/mol. The summed E-state index contributed by atoms with van der Waals surface area (Å²) in [5.74, 6) is 1.35. The molecule has 0 atom stereocenters. The molecule has 2 heterocycles. The molecule has 0 radical (unpaired) electrons. The molecule has 3 rings (SSSR count). The van der Waals surface area contributed by atoms with Gasteiger partial charge in [-0.25, -0.2) is 13.2 Å². The first kappa shape index (κ1) is 26.5. The Morgan fingerprint density at radius 1 is 1.15 bits per heavy atom. The minimum atomic E-state index is -3.97. The van der Waals surface area contributed by atoms with Gasteiger partial charge in [0, 0.05) is 10.6 Å². The molecule has 1 aromatic rings. The van der Waals surface area contributed by atoms with E-state index in [2.05, 4.69) is 16.6 Å². The molecule has 0 aromatic heterocycles. The number of alkyl halides is 1. The molecule has 11 heteroatoms. The van der Waals surface area contributed by atoms with Gasteiger partial charge in [0.2, 0.25) is 0 Å². The zero-order chi connectivity index (χ0) is 24.7. The number of anilines is 1. The molecular formula is C23H30FN3O4S3. The highest BCUT2D eigenvalue weighted by molar-refractivity contribution is 8.01. The molecule has 2 aliphatic rings. The lowest BCUT2D eigenvalue weighted by Crippen LogP contribution is -2.17. The minimum absolute atomic E-state index is 0.0129. The van der Waals surface area contributed by atoms with Crippen molar-refractivity contribution in [3.05, 3.63) is 45.3 Å². The van der Waals surface area contributed by atoms with Crippen LogP contribution in [0.15, 0.2) is 38.2 Å². The maximum atomic E-state index is 13.1. The number of ether oxygens (including phenoxy) is 1. The average Bonchev–Trinajstić information content (AvgIpc) is 3.12. The third kappa shape index (κ3) is 6.31. The van der Waals surface area contributed by atoms with Crippen molar-refractivity contribution in [3.63, 3.8) is 0 Å². The third-order valence-electron chi connectivity index (χ3n) is 5.27. The van der Waals surface area contributed by atoms with Crippen molar-refractivity contribution >= 4 is 38.9 Å². The van der Waals surface area contributed by atoms with E-state index in [0.717, 1.165) is 46.2 Å². The lowest BCUT2D eigenvalue weighted by Gasteiger charge is -2.16. The highest BCUT2D eigenvalue weighted by Gasteiger charge is 2.26. The third-order valence-corrected chi connectivity index (χ3v) is 9.16. The quantitative estimate of drug-likeness (QED) is 0.231. The van der Waals surface area contributed by atoms with Gasteiger partial charge in [-0.05, 0) is 63.1 Å². The SMILES string of the molecule is CCCCOc1ccc(S(=O)(=O)Nc2nc(=O)n3c(C)c(C)sc(SCCCCCF)c2-3)cc1. The summed E-state index contributed by atoms with van der Waals surface area (Å²) in [5, 5.41) is 0. The Labute approximate surface area is 208 Å². The van der Waals surface area contributed by atoms with Gasteiger partial charge in [-0.3, -0.25) is 13.7 Å². The molecule has 0 saturated heterocycles. The van der Waals surface area contributed by atoms with Crippen molar-refractivity contribution < 1.29 is 17.5 Å². The topological polar surface area (TPSA) is 90.3 Å². The normalized spacial score (nSPS) is 11.8. The van der Waals surface area contributed by atoms with Crippen molar-refractivity contribution in [1.29, 1.82) is 0 Å². The van der Waals surface area contributed by atoms with Crippen molar-refractivity contribution in [2.24, 2.45) is 0 Å². The predicted octanol–water partition coefficient (Wildman–Crippen LogP) is 5.56. The second-order valence-electron chi connectivity index (χ2n) is 7.84. The van der Waals surface area contributed by atoms with Gasteiger partial charge in [-0.15, -0.1) is 23.1 Å². The van der Waals surface area contributed by atoms with Gasteiger partial charge in [-0.2, -0.15) is 4.98 Å². The van der Waals surface area contributed by atoms with E-state index in [1.54, 1.807) is 12.1 Å². The van der Waals surface area contributed by atoms with Crippen LogP contribution in [0, 0.1) is 13.8 Å². The fraction of sp³-hybridized carbons (Fsp3) is 0.478. The van der Waals surface area contributed by atoms with Crippen LogP contribution in [0.25, 0.3) is 5.69 Å². The molecule has 0 amide bonds. The summed E-state index contributed by atoms with van der Waals surface area (Å²) < 4.78 is 48.9. The number of nitrogens with one attached hydrogen (secondary N) is 1. The molecule has 0 fully saturated rings. The Kier molecular flexibility index (Phi) is 9.38. The number of rotatable bonds is 13. The van der Waals surface area contributed by atoms with Crippen LogP contribution in [0.3, 0.4) is 0 Å². The van der Waals surface area contributed by atoms with E-state index in [-0.39, 0.29) is 17.4 Å². The van der Waals surface area contributed by atoms with E-state index in [1.165, 1.54) is 39.8 Å². The summed E-state index contributed by atoms with van der Waals surface area (Å²) in [7, 11) is -3.97. The van der Waals surface area contributed by atoms with Crippen molar-refractivity contribution in [2.75, 3.05) is 23.8 Å². The Morgan fingerprint density at radius 3 is 2.56 bits per heavy atom. The van der Waals surface area contributed by atoms with Gasteiger partial charge in [0.15, 0.2) is 5.82 Å². The highest BCUT2D eigenvalue weighted by Crippen LogP contribution is 2.38. The molecule has 186 valence electrons. The summed E-state index contributed by atoms with van der Waals surface area (Å²) >= 11 is 3.02. The van der Waals surface area contributed by atoms with E-state index in [9.17, 15) is 17.6 Å². The lowest BCUT2D eigenvalue weighted by atomic mass is 10.3. The van der Waals surface area contributed by atoms with E-state index >= 15 is 0 Å². The van der Waals surface area contributed by atoms with E-state index < -0.39 is 15.7 Å². The molecule has 7 nitrogen and oxygen atoms in total. The molecule has 0 bridgehead atoms. The predicted molar refractivity (Wildman–Crippen MR) is 137 cm³/mol. The molecule has 1 N–H and O–H groups in total. The second kappa shape index (κ2) is 12.0. The fourth-order valence-corrected chi connectivity index (χ4v) is 6.79. The second-order valence-corrected chi connectivity index (χ2v) is 12.1. The number of thioether (sulfide) groups is 1. The number of benzene rings is 1. The van der Waals surface area contributed by atoms with Crippen LogP contribution < -0.4 is 15.1 Å². The van der Waals surface area contributed by atoms with Gasteiger partial charge in [-0.1, -0.05) is 19.8 Å². The zero-order valence-corrected chi connectivity index (χ0v) is 22.0. The lowest BCUT2D eigenvalue weighted by molar-refractivity contribution is 0.309. The van der Waals surface area contributed by atoms with Gasteiger partial charge < -0.3 is 4.74 Å². The number of aryl methyl sites for hydroxylation is 1. The first-order chi connectivity index (χ1) is 16.3. The smallest absolute Gasteiger partial charge is 0.354 e. The van der Waals surface area contributed by atoms with Crippen molar-refractivity contribution in [2.45, 2.75) is 62.0 Å². The Hall–Kier alpha value is -2.11. The first-order valence-corrected chi connectivity index (χ1v) is 14.5. The van der Waals surface area contributed by atoms with Crippen LogP contribution >= 0.6 is 23.1 Å². The van der Waals surface area contributed by atoms with Crippen LogP contribution in [-0.4, -0.2) is 37.0 Å². The van der Waals surface area contributed by atoms with Crippen LogP contribution in [0.2, 0.25) is 0 Å². The number of nitrogens with zero attached hydrogens (tertiary/aromatic N) is 2. The van der Waals surface area contributed by atoms with Crippen LogP contribution in [-0.2, 0) is 10.0 Å². The number of hydrogen-bond acceptors (Lipinski definition) is 7. The summed E-state index contributed by atoms with van der Waals surface area (Å²) in [6.07, 6.45) is 4.06. The van der Waals surface area contributed by atoms with Gasteiger partial charge >= 0.3 is 5.69 Å². The van der Waals surface area contributed by atoms with Gasteiger partial charge in [0.1, 0.15) is 11.4 Å². The Bertz CT molecular complexity index is 1220. The number of halogens is 1. The molecule has 0 aliphatic carbocycles. The monoisotopic (exact) mass is 527 g/mol. The molecule has 34 heavy (non-hydrogen) atoms. The van der Waals surface area contributed by atoms with E-state index in [0.29, 0.717) is 24.5 Å². The van der Waals surface area contributed by atoms with Crippen molar-refractivity contribution in [3.8, 4) is 11.4 Å². The maximum absolute atomic E-state index is 13.1. The van der Waals surface area contributed by atoms with E-state index in [4.69, 9.17) is 4.74 Å². The van der Waals surface area contributed by atoms with Crippen LogP contribution in [0.4, 0.5) is 10.2 Å². The van der Waals surface area contributed by atoms with Gasteiger partial charge in [0.05, 0.1) is 22.4 Å². The summed E-state index contributed by atoms with van der Waals surface area (Å²) in [4.78, 5) is 17.7. The Morgan fingerprint density at radius 2 is 1.88 bits per heavy atom. The van der Waals surface area contributed by atoms with Crippen LogP contribution in [0.5, 0.6) is 5.75 Å². The van der Waals surface area contributed by atoms with Crippen molar-refractivity contribution in [1.82, 2.24) is 9.55 Å². The number of sulfonamides is 1. The van der Waals surface area contributed by atoms with E-state index in [1.807, 2.05) is 13.8 Å². The largest absolute Gasteiger partial charge is 0.494 e. The number of aromatic nitrogens is 2. The molecule has 2 aliphatic heterocycles. The number of hydrogen-bond donors (Lipinski definition) is 1. The zero-order valence-electron chi connectivity index (χ0n) is 19.6. The van der Waals surface area contributed by atoms with Gasteiger partial charge in [0.25, 0.3) is 10.0 Å². The summed E-state index contributed by atoms with van der Waals surface area (Å²) in [6.45, 7) is 6.04. The molecule has 0 saturated carbocycles. The standard InChI is InChI=1S/C23H30FN3O4S3/c1-4-5-14-31-18-9-11-19(12-10-18)34(29,30)26-21-20-22(32-15-8-6-7-13-24)33-17(3)16(2)27(20)23(28)25-21/h9-12H,4-8,13-15H2,1-3H3,(H,25,26,28). The molecule has 1 aromatic carbocycles. The van der Waals surface area contributed by atoms with Crippen LogP contribution in [0.1, 0.15) is 49.6 Å². The fourth-order valence-electron chi connectivity index (χ4n) is 3.26.